The average molecular weight is 365 g/mol. The number of carbonyl (C=O) groups is 2. The molecule has 1 atom stereocenters. The van der Waals surface area contributed by atoms with Gasteiger partial charge < -0.3 is 10.0 Å². The molecule has 0 bridgehead atoms. The van der Waals surface area contributed by atoms with E-state index in [1.807, 2.05) is 0 Å². The molecule has 24 heavy (non-hydrogen) atoms. The van der Waals surface area contributed by atoms with E-state index in [9.17, 15) is 23.1 Å². The van der Waals surface area contributed by atoms with Crippen LogP contribution in [0.4, 0.5) is 0 Å². The van der Waals surface area contributed by atoms with E-state index in [4.69, 9.17) is 0 Å². The lowest BCUT2D eigenvalue weighted by atomic mass is 10.2. The zero-order chi connectivity index (χ0) is 17.3. The van der Waals surface area contributed by atoms with Crippen molar-refractivity contribution in [1.29, 1.82) is 0 Å². The van der Waals surface area contributed by atoms with Gasteiger partial charge in [-0.05, 0) is 37.1 Å². The molecule has 0 unspecified atom stereocenters. The third kappa shape index (κ3) is 2.94. The van der Waals surface area contributed by atoms with Crippen LogP contribution < -0.4 is 0 Å². The Hall–Kier alpha value is -2.19. The van der Waals surface area contributed by atoms with Crippen LogP contribution in [0, 0.1) is 0 Å². The van der Waals surface area contributed by atoms with Crippen molar-refractivity contribution in [3.63, 3.8) is 0 Å². The highest BCUT2D eigenvalue weighted by atomic mass is 32.2. The summed E-state index contributed by atoms with van der Waals surface area (Å²) < 4.78 is 25.2. The Morgan fingerprint density at radius 2 is 1.83 bits per heavy atom. The summed E-state index contributed by atoms with van der Waals surface area (Å²) in [5, 5.41) is 9.18. The van der Waals surface area contributed by atoms with Crippen molar-refractivity contribution in [3.05, 3.63) is 47.3 Å². The molecule has 2 aromatic rings. The van der Waals surface area contributed by atoms with Gasteiger partial charge in [0.05, 0.1) is 9.77 Å². The number of aliphatic carboxylic acids is 1. The predicted molar refractivity (Wildman–Crippen MR) is 87.9 cm³/mol. The van der Waals surface area contributed by atoms with E-state index >= 15 is 0 Å². The van der Waals surface area contributed by atoms with Crippen molar-refractivity contribution in [2.75, 3.05) is 6.54 Å². The van der Waals surface area contributed by atoms with E-state index in [-0.39, 0.29) is 14.0 Å². The van der Waals surface area contributed by atoms with E-state index in [1.54, 1.807) is 18.2 Å². The second-order valence-corrected chi connectivity index (χ2v) is 8.69. The second kappa shape index (κ2) is 6.37. The van der Waals surface area contributed by atoms with Gasteiger partial charge in [-0.1, -0.05) is 18.2 Å². The molecule has 0 aliphatic carbocycles. The minimum Gasteiger partial charge on any atom is -0.480 e. The van der Waals surface area contributed by atoms with Crippen LogP contribution in [0.1, 0.15) is 22.5 Å². The molecule has 1 N–H and O–H groups in total. The number of hydrogen-bond donors (Lipinski definition) is 1. The summed E-state index contributed by atoms with van der Waals surface area (Å²) in [6.07, 6.45) is 1.05. The Morgan fingerprint density at radius 1 is 1.12 bits per heavy atom. The van der Waals surface area contributed by atoms with E-state index in [1.165, 1.54) is 29.2 Å². The predicted octanol–water partition coefficient (Wildman–Crippen LogP) is 2.27. The number of amides is 1. The minimum absolute atomic E-state index is 0.0723. The molecular weight excluding hydrogens is 350 g/mol. The number of carboxylic acids is 1. The standard InChI is InChI=1S/C16H15NO5S2/c18-15(17-10-4-7-12(17)16(19)20)13-8-9-14(23-13)24(21,22)11-5-2-1-3-6-11/h1-3,5-6,8-9,12H,4,7,10H2,(H,19,20)/t12-/m1/s1. The zero-order valence-electron chi connectivity index (χ0n) is 12.6. The Balaban J connectivity index is 1.88. The fourth-order valence-electron chi connectivity index (χ4n) is 2.70. The Labute approximate surface area is 143 Å². The normalized spacial score (nSPS) is 17.8. The zero-order valence-corrected chi connectivity index (χ0v) is 14.2. The molecule has 1 aliphatic heterocycles. The molecule has 1 aromatic carbocycles. The van der Waals surface area contributed by atoms with Gasteiger partial charge in [-0.3, -0.25) is 4.79 Å². The molecule has 1 aliphatic rings. The highest BCUT2D eigenvalue weighted by Gasteiger charge is 2.35. The molecule has 1 fully saturated rings. The van der Waals surface area contributed by atoms with Gasteiger partial charge in [-0.25, -0.2) is 13.2 Å². The van der Waals surface area contributed by atoms with Gasteiger partial charge in [0, 0.05) is 6.54 Å². The van der Waals surface area contributed by atoms with Crippen LogP contribution in [0.25, 0.3) is 0 Å². The monoisotopic (exact) mass is 365 g/mol. The van der Waals surface area contributed by atoms with Crippen molar-refractivity contribution in [2.45, 2.75) is 28.0 Å². The Morgan fingerprint density at radius 3 is 2.50 bits per heavy atom. The fourth-order valence-corrected chi connectivity index (χ4v) is 5.39. The highest BCUT2D eigenvalue weighted by Crippen LogP contribution is 2.30. The Bertz CT molecular complexity index is 873. The fraction of sp³-hybridized carbons (Fsp3) is 0.250. The third-order valence-corrected chi connectivity index (χ3v) is 7.24. The van der Waals surface area contributed by atoms with Gasteiger partial charge in [0.1, 0.15) is 10.3 Å². The number of thiophene rings is 1. The van der Waals surface area contributed by atoms with Crippen LogP contribution in [0.5, 0.6) is 0 Å². The van der Waals surface area contributed by atoms with E-state index in [2.05, 4.69) is 0 Å². The lowest BCUT2D eigenvalue weighted by Gasteiger charge is -2.20. The number of carboxylic acid groups (broad SMARTS) is 1. The topological polar surface area (TPSA) is 91.8 Å². The minimum atomic E-state index is -3.67. The molecule has 126 valence electrons. The smallest absolute Gasteiger partial charge is 0.326 e. The second-order valence-electron chi connectivity index (χ2n) is 5.43. The first kappa shape index (κ1) is 16.7. The Kier molecular flexibility index (Phi) is 4.42. The first-order valence-electron chi connectivity index (χ1n) is 7.35. The molecular formula is C16H15NO5S2. The van der Waals surface area contributed by atoms with Crippen molar-refractivity contribution in [3.8, 4) is 0 Å². The summed E-state index contributed by atoms with van der Waals surface area (Å²) in [4.78, 5) is 25.4. The maximum Gasteiger partial charge on any atom is 0.326 e. The van der Waals surface area contributed by atoms with E-state index < -0.39 is 27.8 Å². The molecule has 0 spiro atoms. The maximum absolute atomic E-state index is 12.6. The molecule has 0 saturated carbocycles. The molecule has 1 saturated heterocycles. The SMILES string of the molecule is O=C(O)[C@H]1CCCN1C(=O)c1ccc(S(=O)(=O)c2ccccc2)s1. The lowest BCUT2D eigenvalue weighted by molar-refractivity contribution is -0.141. The van der Waals surface area contributed by atoms with Crippen LogP contribution in [-0.4, -0.2) is 42.9 Å². The van der Waals surface area contributed by atoms with Gasteiger partial charge in [0.2, 0.25) is 9.84 Å². The summed E-state index contributed by atoms with van der Waals surface area (Å²) in [6.45, 7) is 0.370. The number of carbonyl (C=O) groups excluding carboxylic acids is 1. The molecule has 3 rings (SSSR count). The summed E-state index contributed by atoms with van der Waals surface area (Å²) in [6, 6.07) is 9.99. The number of likely N-dealkylation sites (tertiary alicyclic amines) is 1. The third-order valence-electron chi connectivity index (χ3n) is 3.91. The number of sulfone groups is 1. The summed E-state index contributed by atoms with van der Waals surface area (Å²) in [5.41, 5.74) is 0. The first-order valence-corrected chi connectivity index (χ1v) is 9.65. The number of rotatable bonds is 4. The van der Waals surface area contributed by atoms with Crippen LogP contribution in [0.2, 0.25) is 0 Å². The summed E-state index contributed by atoms with van der Waals surface area (Å²) in [5.74, 6) is -1.46. The van der Waals surface area contributed by atoms with Gasteiger partial charge in [-0.2, -0.15) is 0 Å². The molecule has 8 heteroatoms. The van der Waals surface area contributed by atoms with E-state index in [0.29, 0.717) is 19.4 Å². The van der Waals surface area contributed by atoms with Crippen LogP contribution in [0.15, 0.2) is 51.6 Å². The molecule has 1 amide bonds. The van der Waals surface area contributed by atoms with Crippen molar-refractivity contribution >= 4 is 33.1 Å². The van der Waals surface area contributed by atoms with Crippen LogP contribution in [0.3, 0.4) is 0 Å². The highest BCUT2D eigenvalue weighted by molar-refractivity contribution is 7.93. The summed E-state index contributed by atoms with van der Waals surface area (Å²) in [7, 11) is -3.67. The first-order chi connectivity index (χ1) is 11.4. The molecule has 1 aromatic heterocycles. The van der Waals surface area contributed by atoms with Crippen molar-refractivity contribution < 1.29 is 23.1 Å². The lowest BCUT2D eigenvalue weighted by Crippen LogP contribution is -2.40. The largest absolute Gasteiger partial charge is 0.480 e. The molecule has 6 nitrogen and oxygen atoms in total. The van der Waals surface area contributed by atoms with Crippen LogP contribution >= 0.6 is 11.3 Å². The average Bonchev–Trinajstić information content (AvgIpc) is 3.24. The summed E-state index contributed by atoms with van der Waals surface area (Å²) >= 11 is 0.871. The van der Waals surface area contributed by atoms with Crippen LogP contribution in [-0.2, 0) is 14.6 Å². The van der Waals surface area contributed by atoms with E-state index in [0.717, 1.165) is 11.3 Å². The van der Waals surface area contributed by atoms with Gasteiger partial charge in [-0.15, -0.1) is 11.3 Å². The number of nitrogens with zero attached hydrogens (tertiary/aromatic N) is 1. The van der Waals surface area contributed by atoms with Crippen molar-refractivity contribution in [2.24, 2.45) is 0 Å². The van der Waals surface area contributed by atoms with Crippen molar-refractivity contribution in [1.82, 2.24) is 4.90 Å². The van der Waals surface area contributed by atoms with Gasteiger partial charge in [0.15, 0.2) is 0 Å². The number of benzene rings is 1. The maximum atomic E-state index is 12.6. The molecule has 0 radical (unpaired) electrons. The molecule has 2 heterocycles. The van der Waals surface area contributed by atoms with Gasteiger partial charge >= 0.3 is 5.97 Å². The number of hydrogen-bond acceptors (Lipinski definition) is 5. The van der Waals surface area contributed by atoms with Gasteiger partial charge in [0.25, 0.3) is 5.91 Å². The quantitative estimate of drug-likeness (QED) is 0.897.